The van der Waals surface area contributed by atoms with E-state index in [2.05, 4.69) is 18.2 Å². The molecule has 3 aromatic carbocycles. The molecule has 2 aliphatic carbocycles. The van der Waals surface area contributed by atoms with Crippen LogP contribution >= 0.6 is 0 Å². The van der Waals surface area contributed by atoms with E-state index in [-0.39, 0.29) is 12.3 Å². The maximum absolute atomic E-state index is 10.9. The standard InChI is InChI=1S/C26H21NO3/c28-27(29)22-13-10-18(11-14-22)17-30-26-24(19-6-2-1-3-7-19)15-12-21-16-20-8-4-5-9-23(20)25(21)26/h1-11,13-14,16,25H,12,15,17H2/i25D. The normalized spacial score (nSPS) is 20.1. The van der Waals surface area contributed by atoms with Crippen LogP contribution in [0.25, 0.3) is 11.6 Å². The first-order valence-electron chi connectivity index (χ1n) is 10.5. The quantitative estimate of drug-likeness (QED) is 0.365. The van der Waals surface area contributed by atoms with Crippen LogP contribution < -0.4 is 0 Å². The Morgan fingerprint density at radius 2 is 1.70 bits per heavy atom. The lowest BCUT2D eigenvalue weighted by Crippen LogP contribution is -2.14. The predicted octanol–water partition coefficient (Wildman–Crippen LogP) is 6.50. The molecule has 30 heavy (non-hydrogen) atoms. The van der Waals surface area contributed by atoms with Crippen molar-refractivity contribution in [1.82, 2.24) is 0 Å². The van der Waals surface area contributed by atoms with E-state index in [1.165, 1.54) is 12.1 Å². The van der Waals surface area contributed by atoms with E-state index in [0.29, 0.717) is 5.76 Å². The molecule has 4 nitrogen and oxygen atoms in total. The average molecular weight is 396 g/mol. The van der Waals surface area contributed by atoms with Gasteiger partial charge in [-0.25, -0.2) is 0 Å². The maximum atomic E-state index is 10.9. The van der Waals surface area contributed by atoms with Crippen LogP contribution in [0.1, 0.15) is 42.4 Å². The summed E-state index contributed by atoms with van der Waals surface area (Å²) in [7, 11) is 0. The summed E-state index contributed by atoms with van der Waals surface area (Å²) in [5, 5.41) is 10.9. The van der Waals surface area contributed by atoms with Crippen molar-refractivity contribution in [3.8, 4) is 0 Å². The van der Waals surface area contributed by atoms with Crippen LogP contribution in [0.15, 0.2) is 90.2 Å². The van der Waals surface area contributed by atoms with Gasteiger partial charge in [0.15, 0.2) is 0 Å². The topological polar surface area (TPSA) is 52.4 Å². The zero-order valence-corrected chi connectivity index (χ0v) is 16.4. The van der Waals surface area contributed by atoms with Gasteiger partial charge in [0.05, 0.1) is 10.8 Å². The number of ether oxygens (including phenoxy) is 1. The number of benzene rings is 3. The van der Waals surface area contributed by atoms with Crippen molar-refractivity contribution in [2.24, 2.45) is 0 Å². The molecular formula is C26H21NO3. The Bertz CT molecular complexity index is 1210. The van der Waals surface area contributed by atoms with E-state index in [1.54, 1.807) is 12.1 Å². The Balaban J connectivity index is 1.57. The van der Waals surface area contributed by atoms with Crippen LogP contribution in [0.4, 0.5) is 5.69 Å². The summed E-state index contributed by atoms with van der Waals surface area (Å²) in [4.78, 5) is 10.5. The van der Waals surface area contributed by atoms with Gasteiger partial charge in [0, 0.05) is 13.5 Å². The Labute approximate surface area is 176 Å². The number of hydrogen-bond donors (Lipinski definition) is 0. The van der Waals surface area contributed by atoms with E-state index in [4.69, 9.17) is 4.74 Å². The Morgan fingerprint density at radius 1 is 0.967 bits per heavy atom. The second-order valence-corrected chi connectivity index (χ2v) is 7.52. The largest absolute Gasteiger partial charge is 0.492 e. The first kappa shape index (κ1) is 17.2. The monoisotopic (exact) mass is 396 g/mol. The maximum Gasteiger partial charge on any atom is 0.269 e. The van der Waals surface area contributed by atoms with Gasteiger partial charge in [0.2, 0.25) is 0 Å². The SMILES string of the molecule is [2H]C12C(=Cc3ccccc31)CCC(c1ccccc1)=C2OCc1ccc([N+](=O)[O-])cc1. The highest BCUT2D eigenvalue weighted by atomic mass is 16.6. The van der Waals surface area contributed by atoms with Gasteiger partial charge >= 0.3 is 0 Å². The molecule has 0 saturated heterocycles. The van der Waals surface area contributed by atoms with Gasteiger partial charge in [0.1, 0.15) is 12.4 Å². The van der Waals surface area contributed by atoms with Crippen molar-refractivity contribution < 1.29 is 11.0 Å². The van der Waals surface area contributed by atoms with Gasteiger partial charge in [-0.15, -0.1) is 0 Å². The number of hydrogen-bond acceptors (Lipinski definition) is 3. The van der Waals surface area contributed by atoms with Crippen molar-refractivity contribution >= 4 is 17.3 Å². The molecule has 0 bridgehead atoms. The Kier molecular flexibility index (Phi) is 4.38. The molecule has 4 heteroatoms. The summed E-state index contributed by atoms with van der Waals surface area (Å²) in [5.41, 5.74) is 6.05. The first-order chi connectivity index (χ1) is 15.1. The molecule has 3 aromatic rings. The summed E-state index contributed by atoms with van der Waals surface area (Å²) in [6.45, 7) is 0.250. The molecule has 148 valence electrons. The smallest absolute Gasteiger partial charge is 0.269 e. The number of nitro groups is 1. The highest BCUT2D eigenvalue weighted by Gasteiger charge is 2.35. The van der Waals surface area contributed by atoms with E-state index in [0.717, 1.165) is 46.2 Å². The summed E-state index contributed by atoms with van der Waals surface area (Å²) in [5.74, 6) is -0.402. The van der Waals surface area contributed by atoms with Gasteiger partial charge in [-0.05, 0) is 52.8 Å². The molecule has 0 aliphatic heterocycles. The molecule has 1 atom stereocenters. The van der Waals surface area contributed by atoms with Crippen LogP contribution in [0.5, 0.6) is 0 Å². The van der Waals surface area contributed by atoms with Gasteiger partial charge < -0.3 is 4.74 Å². The van der Waals surface area contributed by atoms with Gasteiger partial charge in [0.25, 0.3) is 5.69 Å². The summed E-state index contributed by atoms with van der Waals surface area (Å²) < 4.78 is 16.0. The van der Waals surface area contributed by atoms with Crippen molar-refractivity contribution in [2.45, 2.75) is 25.3 Å². The third-order valence-electron chi connectivity index (χ3n) is 5.68. The van der Waals surface area contributed by atoms with Crippen molar-refractivity contribution in [3.05, 3.63) is 123 Å². The second kappa shape index (κ2) is 7.64. The fraction of sp³-hybridized carbons (Fsp3) is 0.154. The molecule has 0 radical (unpaired) electrons. The highest BCUT2D eigenvalue weighted by molar-refractivity contribution is 5.78. The number of nitrogens with zero attached hydrogens (tertiary/aromatic N) is 1. The van der Waals surface area contributed by atoms with Crippen molar-refractivity contribution in [2.75, 3.05) is 0 Å². The molecular weight excluding hydrogens is 374 g/mol. The van der Waals surface area contributed by atoms with Crippen molar-refractivity contribution in [1.29, 1.82) is 0 Å². The lowest BCUT2D eigenvalue weighted by Gasteiger charge is -2.29. The minimum Gasteiger partial charge on any atom is -0.492 e. The van der Waals surface area contributed by atoms with E-state index in [1.807, 2.05) is 42.5 Å². The average Bonchev–Trinajstić information content (AvgIpc) is 3.11. The number of nitro benzene ring substituents is 1. The van der Waals surface area contributed by atoms with Gasteiger partial charge in [-0.3, -0.25) is 10.1 Å². The molecule has 1 unspecified atom stereocenters. The Morgan fingerprint density at radius 3 is 2.47 bits per heavy atom. The Hall–Kier alpha value is -3.66. The summed E-state index contributed by atoms with van der Waals surface area (Å²) in [6, 6.07) is 24.5. The minimum atomic E-state index is -1.05. The number of allylic oxidation sites excluding steroid dienone is 2. The van der Waals surface area contributed by atoms with E-state index >= 15 is 0 Å². The summed E-state index contributed by atoms with van der Waals surface area (Å²) in [6.07, 6.45) is 3.74. The molecule has 5 rings (SSSR count). The van der Waals surface area contributed by atoms with Gasteiger partial charge in [-0.1, -0.05) is 66.2 Å². The third kappa shape index (κ3) is 3.30. The minimum absolute atomic E-state index is 0.0532. The fourth-order valence-corrected chi connectivity index (χ4v) is 4.22. The molecule has 0 amide bonds. The van der Waals surface area contributed by atoms with Crippen LogP contribution in [0.3, 0.4) is 0 Å². The fourth-order valence-electron chi connectivity index (χ4n) is 4.22. The molecule has 0 saturated carbocycles. The number of rotatable bonds is 5. The molecule has 0 fully saturated rings. The van der Waals surface area contributed by atoms with Gasteiger partial charge in [-0.2, -0.15) is 0 Å². The zero-order chi connectivity index (χ0) is 21.4. The van der Waals surface area contributed by atoms with E-state index in [9.17, 15) is 11.5 Å². The predicted molar refractivity (Wildman–Crippen MR) is 118 cm³/mol. The third-order valence-corrected chi connectivity index (χ3v) is 5.68. The lowest BCUT2D eigenvalue weighted by atomic mass is 9.80. The van der Waals surface area contributed by atoms with Crippen molar-refractivity contribution in [3.63, 3.8) is 0 Å². The number of non-ortho nitro benzene ring substituents is 1. The molecule has 0 heterocycles. The van der Waals surface area contributed by atoms with Crippen LogP contribution in [0.2, 0.25) is 0 Å². The first-order valence-corrected chi connectivity index (χ1v) is 10.0. The van der Waals surface area contributed by atoms with Crippen LogP contribution in [-0.4, -0.2) is 4.92 Å². The van der Waals surface area contributed by atoms with Crippen LogP contribution in [0, 0.1) is 10.1 Å². The second-order valence-electron chi connectivity index (χ2n) is 7.52. The molecule has 2 aliphatic rings. The van der Waals surface area contributed by atoms with Crippen LogP contribution in [-0.2, 0) is 11.3 Å². The highest BCUT2D eigenvalue weighted by Crippen LogP contribution is 2.50. The lowest BCUT2D eigenvalue weighted by molar-refractivity contribution is -0.384. The number of fused-ring (bicyclic) bond motifs is 3. The zero-order valence-electron chi connectivity index (χ0n) is 17.4. The summed E-state index contributed by atoms with van der Waals surface area (Å²) >= 11 is 0. The molecule has 0 aromatic heterocycles. The van der Waals surface area contributed by atoms with E-state index < -0.39 is 10.8 Å². The molecule has 0 spiro atoms. The molecule has 0 N–H and O–H groups in total.